The average molecular weight is 247 g/mol. The molecule has 0 amide bonds. The number of nitriles is 1. The van der Waals surface area contributed by atoms with Gasteiger partial charge in [0.25, 0.3) is 0 Å². The first-order valence-electron chi connectivity index (χ1n) is 5.90. The van der Waals surface area contributed by atoms with Crippen LogP contribution < -0.4 is 10.6 Å². The van der Waals surface area contributed by atoms with Gasteiger partial charge < -0.3 is 10.6 Å². The van der Waals surface area contributed by atoms with E-state index in [0.29, 0.717) is 16.5 Å². The number of nitrogens with two attached hydrogens (primary N) is 1. The van der Waals surface area contributed by atoms with Crippen molar-refractivity contribution in [2.75, 3.05) is 29.5 Å². The smallest absolute Gasteiger partial charge is 0.101 e. The number of hydrogen-bond acceptors (Lipinski definition) is 4. The van der Waals surface area contributed by atoms with E-state index in [1.54, 1.807) is 6.07 Å². The van der Waals surface area contributed by atoms with Crippen LogP contribution in [0.15, 0.2) is 18.2 Å². The number of benzene rings is 1. The maximum Gasteiger partial charge on any atom is 0.101 e. The largest absolute Gasteiger partial charge is 0.399 e. The van der Waals surface area contributed by atoms with Gasteiger partial charge in [0.05, 0.1) is 11.3 Å². The van der Waals surface area contributed by atoms with Crippen LogP contribution in [0.4, 0.5) is 11.4 Å². The molecular weight excluding hydrogens is 230 g/mol. The van der Waals surface area contributed by atoms with Crippen molar-refractivity contribution in [3.05, 3.63) is 23.8 Å². The SMILES string of the molecule is CCC1CN(c2ccc(N)cc2C#N)CCS1. The molecule has 0 radical (unpaired) electrons. The highest BCUT2D eigenvalue weighted by Crippen LogP contribution is 2.28. The molecular formula is C13H17N3S. The standard InChI is InChI=1S/C13H17N3S/c1-2-12-9-16(5-6-17-12)13-4-3-11(15)7-10(13)8-14/h3-4,7,12H,2,5-6,9,15H2,1H3. The van der Waals surface area contributed by atoms with Crippen LogP contribution in [-0.4, -0.2) is 24.1 Å². The highest BCUT2D eigenvalue weighted by Gasteiger charge is 2.20. The molecule has 1 aliphatic heterocycles. The second-order valence-corrected chi connectivity index (χ2v) is 5.64. The molecule has 3 nitrogen and oxygen atoms in total. The maximum absolute atomic E-state index is 9.16. The fourth-order valence-electron chi connectivity index (χ4n) is 2.10. The number of anilines is 2. The summed E-state index contributed by atoms with van der Waals surface area (Å²) in [6, 6.07) is 7.84. The topological polar surface area (TPSA) is 53.0 Å². The van der Waals surface area contributed by atoms with Gasteiger partial charge in [-0.2, -0.15) is 17.0 Å². The van der Waals surface area contributed by atoms with Crippen molar-refractivity contribution in [3.63, 3.8) is 0 Å². The molecule has 2 N–H and O–H groups in total. The molecule has 1 saturated heterocycles. The van der Waals surface area contributed by atoms with Gasteiger partial charge in [0.15, 0.2) is 0 Å². The summed E-state index contributed by atoms with van der Waals surface area (Å²) >= 11 is 2.03. The molecule has 0 saturated carbocycles. The van der Waals surface area contributed by atoms with Crippen LogP contribution in [-0.2, 0) is 0 Å². The third-order valence-corrected chi connectivity index (χ3v) is 4.45. The van der Waals surface area contributed by atoms with Gasteiger partial charge in [0.2, 0.25) is 0 Å². The molecule has 2 rings (SSSR count). The third-order valence-electron chi connectivity index (χ3n) is 3.08. The van der Waals surface area contributed by atoms with Gasteiger partial charge >= 0.3 is 0 Å². The number of rotatable bonds is 2. The normalized spacial score (nSPS) is 20.0. The van der Waals surface area contributed by atoms with Crippen molar-refractivity contribution in [3.8, 4) is 6.07 Å². The van der Waals surface area contributed by atoms with Gasteiger partial charge in [0, 0.05) is 29.8 Å². The zero-order valence-corrected chi connectivity index (χ0v) is 10.8. The maximum atomic E-state index is 9.16. The highest BCUT2D eigenvalue weighted by molar-refractivity contribution is 8.00. The van der Waals surface area contributed by atoms with E-state index >= 15 is 0 Å². The second-order valence-electron chi connectivity index (χ2n) is 4.24. The lowest BCUT2D eigenvalue weighted by Gasteiger charge is -2.34. The lowest BCUT2D eigenvalue weighted by atomic mass is 10.1. The van der Waals surface area contributed by atoms with Crippen molar-refractivity contribution in [1.29, 1.82) is 5.26 Å². The van der Waals surface area contributed by atoms with Gasteiger partial charge in [-0.15, -0.1) is 0 Å². The van der Waals surface area contributed by atoms with Gasteiger partial charge in [-0.3, -0.25) is 0 Å². The van der Waals surface area contributed by atoms with E-state index in [1.165, 1.54) is 6.42 Å². The molecule has 0 aliphatic carbocycles. The van der Waals surface area contributed by atoms with E-state index in [-0.39, 0.29) is 0 Å². The zero-order chi connectivity index (χ0) is 12.3. The average Bonchev–Trinajstić information content (AvgIpc) is 2.38. The van der Waals surface area contributed by atoms with Gasteiger partial charge in [-0.25, -0.2) is 0 Å². The van der Waals surface area contributed by atoms with Crippen LogP contribution in [0.3, 0.4) is 0 Å². The van der Waals surface area contributed by atoms with Crippen molar-refractivity contribution >= 4 is 23.1 Å². The third kappa shape index (κ3) is 2.67. The van der Waals surface area contributed by atoms with Crippen molar-refractivity contribution in [1.82, 2.24) is 0 Å². The Kier molecular flexibility index (Phi) is 3.80. The molecule has 17 heavy (non-hydrogen) atoms. The molecule has 1 aromatic rings. The lowest BCUT2D eigenvalue weighted by Crippen LogP contribution is -2.38. The summed E-state index contributed by atoms with van der Waals surface area (Å²) in [5, 5.41) is 9.83. The Bertz CT molecular complexity index is 439. The minimum Gasteiger partial charge on any atom is -0.399 e. The fraction of sp³-hybridized carbons (Fsp3) is 0.462. The summed E-state index contributed by atoms with van der Waals surface area (Å²) < 4.78 is 0. The Labute approximate surface area is 107 Å². The second kappa shape index (κ2) is 5.33. The van der Waals surface area contributed by atoms with Gasteiger partial charge in [0.1, 0.15) is 6.07 Å². The Morgan fingerprint density at radius 2 is 2.41 bits per heavy atom. The number of nitrogen functional groups attached to an aromatic ring is 1. The molecule has 0 spiro atoms. The number of nitrogens with zero attached hydrogens (tertiary/aromatic N) is 2. The minimum absolute atomic E-state index is 0.656. The van der Waals surface area contributed by atoms with E-state index < -0.39 is 0 Å². The summed E-state index contributed by atoms with van der Waals surface area (Å²) in [5.74, 6) is 1.13. The first-order chi connectivity index (χ1) is 8.24. The van der Waals surface area contributed by atoms with E-state index in [4.69, 9.17) is 11.0 Å². The zero-order valence-electron chi connectivity index (χ0n) is 10.0. The summed E-state index contributed by atoms with van der Waals surface area (Å²) in [5.41, 5.74) is 8.08. The first-order valence-corrected chi connectivity index (χ1v) is 6.95. The molecule has 1 unspecified atom stereocenters. The molecule has 1 aromatic carbocycles. The summed E-state index contributed by atoms with van der Waals surface area (Å²) in [7, 11) is 0. The predicted molar refractivity (Wildman–Crippen MR) is 74.3 cm³/mol. The Morgan fingerprint density at radius 3 is 3.12 bits per heavy atom. The Morgan fingerprint density at radius 1 is 1.59 bits per heavy atom. The molecule has 1 aliphatic rings. The van der Waals surface area contributed by atoms with E-state index in [0.717, 1.165) is 24.5 Å². The molecule has 0 bridgehead atoms. The highest BCUT2D eigenvalue weighted by atomic mass is 32.2. The fourth-order valence-corrected chi connectivity index (χ4v) is 3.28. The quantitative estimate of drug-likeness (QED) is 0.816. The van der Waals surface area contributed by atoms with E-state index in [9.17, 15) is 0 Å². The van der Waals surface area contributed by atoms with Crippen molar-refractivity contribution in [2.45, 2.75) is 18.6 Å². The molecule has 1 atom stereocenters. The van der Waals surface area contributed by atoms with Gasteiger partial charge in [-0.05, 0) is 24.6 Å². The van der Waals surface area contributed by atoms with Gasteiger partial charge in [-0.1, -0.05) is 6.92 Å². The lowest BCUT2D eigenvalue weighted by molar-refractivity contribution is 0.728. The molecule has 4 heteroatoms. The van der Waals surface area contributed by atoms with Crippen LogP contribution in [0.2, 0.25) is 0 Å². The predicted octanol–water partition coefficient (Wildman–Crippen LogP) is 2.47. The Hall–Kier alpha value is -1.34. The molecule has 90 valence electrons. The Balaban J connectivity index is 2.24. The van der Waals surface area contributed by atoms with Crippen molar-refractivity contribution in [2.24, 2.45) is 0 Å². The molecule has 0 aromatic heterocycles. The van der Waals surface area contributed by atoms with Crippen LogP contribution in [0, 0.1) is 11.3 Å². The van der Waals surface area contributed by atoms with Crippen LogP contribution >= 0.6 is 11.8 Å². The number of hydrogen-bond donors (Lipinski definition) is 1. The van der Waals surface area contributed by atoms with E-state index in [2.05, 4.69) is 17.9 Å². The minimum atomic E-state index is 0.656. The summed E-state index contributed by atoms with van der Waals surface area (Å²) in [4.78, 5) is 2.31. The first kappa shape index (κ1) is 12.1. The van der Waals surface area contributed by atoms with Crippen LogP contribution in [0.5, 0.6) is 0 Å². The van der Waals surface area contributed by atoms with Crippen LogP contribution in [0.25, 0.3) is 0 Å². The molecule has 1 fully saturated rings. The van der Waals surface area contributed by atoms with Crippen molar-refractivity contribution < 1.29 is 0 Å². The van der Waals surface area contributed by atoms with Crippen LogP contribution in [0.1, 0.15) is 18.9 Å². The monoisotopic (exact) mass is 247 g/mol. The summed E-state index contributed by atoms with van der Waals surface area (Å²) in [6.07, 6.45) is 1.18. The summed E-state index contributed by atoms with van der Waals surface area (Å²) in [6.45, 7) is 4.26. The number of thioether (sulfide) groups is 1. The molecule has 1 heterocycles. The van der Waals surface area contributed by atoms with E-state index in [1.807, 2.05) is 23.9 Å².